The minimum atomic E-state index is -1.09. The molecule has 2 nitrogen and oxygen atoms in total. The van der Waals surface area contributed by atoms with Crippen LogP contribution in [0.15, 0.2) is 43.0 Å². The van der Waals surface area contributed by atoms with Gasteiger partial charge < -0.3 is 0 Å². The van der Waals surface area contributed by atoms with Crippen molar-refractivity contribution in [3.05, 3.63) is 48.6 Å². The van der Waals surface area contributed by atoms with Crippen molar-refractivity contribution in [3.8, 4) is 0 Å². The van der Waals surface area contributed by atoms with Gasteiger partial charge in [-0.3, -0.25) is 0 Å². The Kier molecular flexibility index (Phi) is 4.44. The lowest BCUT2D eigenvalue weighted by Crippen LogP contribution is -2.35. The molecule has 0 heterocycles. The maximum Gasteiger partial charge on any atom is 0.0978 e. The summed E-state index contributed by atoms with van der Waals surface area (Å²) >= 11 is 0. The van der Waals surface area contributed by atoms with Crippen LogP contribution in [0, 0.1) is 0 Å². The quantitative estimate of drug-likeness (QED) is 0.801. The summed E-state index contributed by atoms with van der Waals surface area (Å²) in [7, 11) is -1.09. The number of hydrogen-bond acceptors (Lipinski definition) is 1. The van der Waals surface area contributed by atoms with E-state index in [-0.39, 0.29) is 10.8 Å². The smallest absolute Gasteiger partial charge is 0.0978 e. The van der Waals surface area contributed by atoms with E-state index in [1.54, 1.807) is 6.08 Å². The first kappa shape index (κ1) is 13.1. The molecular weight excluding hydrogens is 218 g/mol. The zero-order chi connectivity index (χ0) is 12.2. The molecule has 0 aromatic heterocycles. The monoisotopic (exact) mass is 237 g/mol. The van der Waals surface area contributed by atoms with Gasteiger partial charge >= 0.3 is 0 Å². The fourth-order valence-electron chi connectivity index (χ4n) is 1.20. The van der Waals surface area contributed by atoms with Crippen molar-refractivity contribution in [1.82, 2.24) is 4.72 Å². The maximum absolute atomic E-state index is 12.0. The Balaban J connectivity index is 2.79. The van der Waals surface area contributed by atoms with Crippen LogP contribution in [-0.2, 0) is 11.0 Å². The Hall–Kier alpha value is -0.930. The molecule has 0 amide bonds. The first-order valence-corrected chi connectivity index (χ1v) is 6.45. The first-order valence-electron chi connectivity index (χ1n) is 5.30. The van der Waals surface area contributed by atoms with Crippen LogP contribution < -0.4 is 4.72 Å². The second-order valence-electron chi connectivity index (χ2n) is 4.62. The minimum absolute atomic E-state index is 0.0683. The molecule has 1 aromatic carbocycles. The normalized spacial score (nSPS) is 15.4. The van der Waals surface area contributed by atoms with E-state index in [2.05, 4.69) is 11.3 Å². The first-order chi connectivity index (χ1) is 7.45. The zero-order valence-corrected chi connectivity index (χ0v) is 10.9. The van der Waals surface area contributed by atoms with Crippen LogP contribution in [0.5, 0.6) is 0 Å². The number of hydrogen-bond donors (Lipinski definition) is 1. The third-order valence-corrected chi connectivity index (χ3v) is 3.76. The Morgan fingerprint density at radius 2 is 1.88 bits per heavy atom. The van der Waals surface area contributed by atoms with Gasteiger partial charge in [-0.1, -0.05) is 36.4 Å². The van der Waals surface area contributed by atoms with Crippen molar-refractivity contribution >= 4 is 11.0 Å². The van der Waals surface area contributed by atoms with Crippen LogP contribution >= 0.6 is 0 Å². The second-order valence-corrected chi connectivity index (χ2v) is 6.62. The molecule has 0 fully saturated rings. The fraction of sp³-hybridized carbons (Fsp3) is 0.385. The largest absolute Gasteiger partial charge is 0.242 e. The third-order valence-electron chi connectivity index (χ3n) is 2.18. The summed E-state index contributed by atoms with van der Waals surface area (Å²) in [5.41, 5.74) is 1.08. The van der Waals surface area contributed by atoms with Crippen molar-refractivity contribution in [2.75, 3.05) is 0 Å². The van der Waals surface area contributed by atoms with E-state index in [1.165, 1.54) is 0 Å². The summed E-state index contributed by atoms with van der Waals surface area (Å²) in [6.07, 6.45) is 1.78. The van der Waals surface area contributed by atoms with E-state index in [0.717, 1.165) is 5.56 Å². The zero-order valence-electron chi connectivity index (χ0n) is 10.1. The Morgan fingerprint density at radius 1 is 1.31 bits per heavy atom. The van der Waals surface area contributed by atoms with Crippen LogP contribution in [0.25, 0.3) is 0 Å². The molecule has 0 saturated heterocycles. The second kappa shape index (κ2) is 5.41. The van der Waals surface area contributed by atoms with Crippen LogP contribution in [0.1, 0.15) is 32.4 Å². The van der Waals surface area contributed by atoms with Crippen LogP contribution in [0.2, 0.25) is 0 Å². The van der Waals surface area contributed by atoms with Crippen molar-refractivity contribution in [3.63, 3.8) is 0 Å². The summed E-state index contributed by atoms with van der Waals surface area (Å²) in [6, 6.07) is 9.82. The summed E-state index contributed by atoms with van der Waals surface area (Å²) in [4.78, 5) is 0. The molecule has 1 rings (SSSR count). The fourth-order valence-corrected chi connectivity index (χ4v) is 2.02. The van der Waals surface area contributed by atoms with Crippen molar-refractivity contribution in [2.45, 2.75) is 31.6 Å². The van der Waals surface area contributed by atoms with Crippen molar-refractivity contribution < 1.29 is 4.21 Å². The molecule has 0 saturated carbocycles. The minimum Gasteiger partial charge on any atom is -0.242 e. The van der Waals surface area contributed by atoms with Gasteiger partial charge in [0.1, 0.15) is 0 Å². The number of nitrogens with one attached hydrogen (secondary N) is 1. The van der Waals surface area contributed by atoms with Crippen molar-refractivity contribution in [1.29, 1.82) is 0 Å². The topological polar surface area (TPSA) is 29.1 Å². The van der Waals surface area contributed by atoms with Gasteiger partial charge in [0.25, 0.3) is 0 Å². The van der Waals surface area contributed by atoms with Gasteiger partial charge in [0.05, 0.1) is 21.8 Å². The van der Waals surface area contributed by atoms with Gasteiger partial charge in [0.15, 0.2) is 0 Å². The van der Waals surface area contributed by atoms with Gasteiger partial charge in [-0.25, -0.2) is 8.93 Å². The van der Waals surface area contributed by atoms with E-state index < -0.39 is 11.0 Å². The highest BCUT2D eigenvalue weighted by Crippen LogP contribution is 2.17. The van der Waals surface area contributed by atoms with Crippen LogP contribution in [0.4, 0.5) is 0 Å². The molecule has 1 aromatic rings. The van der Waals surface area contributed by atoms with Gasteiger partial charge in [-0.15, -0.1) is 6.58 Å². The number of benzene rings is 1. The highest BCUT2D eigenvalue weighted by atomic mass is 32.2. The van der Waals surface area contributed by atoms with Gasteiger partial charge in [-0.05, 0) is 26.3 Å². The third kappa shape index (κ3) is 3.58. The summed E-state index contributed by atoms with van der Waals surface area (Å²) in [5.74, 6) is 0. The molecule has 0 bridgehead atoms. The highest BCUT2D eigenvalue weighted by Gasteiger charge is 2.22. The highest BCUT2D eigenvalue weighted by molar-refractivity contribution is 7.84. The SMILES string of the molecule is C=C[C@@H](N[S@](=O)C(C)(C)C)c1ccccc1. The van der Waals surface area contributed by atoms with E-state index in [1.807, 2.05) is 51.1 Å². The number of rotatable bonds is 4. The molecule has 0 radical (unpaired) electrons. The molecule has 2 atom stereocenters. The Bertz CT molecular complexity index is 367. The van der Waals surface area contributed by atoms with E-state index in [0.29, 0.717) is 0 Å². The predicted octanol–water partition coefficient (Wildman–Crippen LogP) is 2.97. The molecule has 0 aliphatic carbocycles. The summed E-state index contributed by atoms with van der Waals surface area (Å²) < 4.78 is 14.8. The molecule has 1 N–H and O–H groups in total. The summed E-state index contributed by atoms with van der Waals surface area (Å²) in [6.45, 7) is 9.61. The van der Waals surface area contributed by atoms with Crippen LogP contribution in [0.3, 0.4) is 0 Å². The maximum atomic E-state index is 12.0. The molecule has 0 unspecified atom stereocenters. The molecule has 16 heavy (non-hydrogen) atoms. The molecule has 0 spiro atoms. The lowest BCUT2D eigenvalue weighted by molar-refractivity contribution is 0.626. The average molecular weight is 237 g/mol. The van der Waals surface area contributed by atoms with E-state index in [9.17, 15) is 4.21 Å². The molecule has 3 heteroatoms. The molecule has 0 aliphatic heterocycles. The molecular formula is C13H19NOS. The lowest BCUT2D eigenvalue weighted by atomic mass is 10.1. The van der Waals surface area contributed by atoms with Gasteiger partial charge in [0.2, 0.25) is 0 Å². The van der Waals surface area contributed by atoms with Crippen LogP contribution in [-0.4, -0.2) is 8.96 Å². The molecule has 0 aliphatic rings. The lowest BCUT2D eigenvalue weighted by Gasteiger charge is -2.22. The van der Waals surface area contributed by atoms with E-state index >= 15 is 0 Å². The predicted molar refractivity (Wildman–Crippen MR) is 70.4 cm³/mol. The molecule has 88 valence electrons. The Morgan fingerprint density at radius 3 is 2.31 bits per heavy atom. The summed E-state index contributed by atoms with van der Waals surface area (Å²) in [5, 5.41) is 0. The van der Waals surface area contributed by atoms with E-state index in [4.69, 9.17) is 0 Å². The van der Waals surface area contributed by atoms with Gasteiger partial charge in [-0.2, -0.15) is 0 Å². The average Bonchev–Trinajstić information content (AvgIpc) is 2.25. The van der Waals surface area contributed by atoms with Gasteiger partial charge in [0, 0.05) is 0 Å². The standard InChI is InChI=1S/C13H19NOS/c1-5-12(11-9-7-6-8-10-11)14-16(15)13(2,3)4/h5-10,12,14H,1H2,2-4H3/t12-,16-/m1/s1. The Labute approximate surface area is 100 Å². The van der Waals surface area contributed by atoms with Crippen molar-refractivity contribution in [2.24, 2.45) is 0 Å².